The van der Waals surface area contributed by atoms with Gasteiger partial charge in [0.1, 0.15) is 11.3 Å². The summed E-state index contributed by atoms with van der Waals surface area (Å²) in [5.74, 6) is 0.778. The summed E-state index contributed by atoms with van der Waals surface area (Å²) in [6, 6.07) is 14.9. The van der Waals surface area contributed by atoms with Crippen LogP contribution in [0.2, 0.25) is 0 Å². The number of fused-ring (bicyclic) bond motifs is 1. The fourth-order valence-corrected chi connectivity index (χ4v) is 2.41. The van der Waals surface area contributed by atoms with Crippen LogP contribution in [0.15, 0.2) is 63.8 Å². The van der Waals surface area contributed by atoms with Crippen molar-refractivity contribution < 1.29 is 13.9 Å². The van der Waals surface area contributed by atoms with Gasteiger partial charge >= 0.3 is 11.7 Å². The van der Waals surface area contributed by atoms with Crippen molar-refractivity contribution >= 4 is 28.4 Å². The zero-order chi connectivity index (χ0) is 18.4. The summed E-state index contributed by atoms with van der Waals surface area (Å²) in [7, 11) is 0. The quantitative estimate of drug-likeness (QED) is 0.501. The Morgan fingerprint density at radius 2 is 1.73 bits per heavy atom. The van der Waals surface area contributed by atoms with Crippen LogP contribution < -0.4 is 21.0 Å². The third-order valence-electron chi connectivity index (χ3n) is 3.76. The number of amides is 2. The molecule has 0 spiro atoms. The highest BCUT2D eigenvalue weighted by Gasteiger charge is 2.05. The van der Waals surface area contributed by atoms with Crippen LogP contribution in [0.25, 0.3) is 11.0 Å². The number of hydrogen-bond donors (Lipinski definition) is 2. The largest absolute Gasteiger partial charge is 0.494 e. The third kappa shape index (κ3) is 4.63. The Hall–Kier alpha value is -3.28. The second-order valence-electron chi connectivity index (χ2n) is 5.81. The van der Waals surface area contributed by atoms with Crippen LogP contribution in [0.1, 0.15) is 19.8 Å². The van der Waals surface area contributed by atoms with E-state index < -0.39 is 5.63 Å². The van der Waals surface area contributed by atoms with E-state index >= 15 is 0 Å². The summed E-state index contributed by atoms with van der Waals surface area (Å²) in [5, 5.41) is 6.25. The molecule has 6 heteroatoms. The molecule has 3 aromatic rings. The minimum absolute atomic E-state index is 0.360. The number of urea groups is 1. The lowest BCUT2D eigenvalue weighted by molar-refractivity contribution is 0.262. The summed E-state index contributed by atoms with van der Waals surface area (Å²) in [6.07, 6.45) is 2.10. The number of ether oxygens (including phenoxy) is 1. The molecule has 2 N–H and O–H groups in total. The summed E-state index contributed by atoms with van der Waals surface area (Å²) in [5.41, 5.74) is 1.33. The Morgan fingerprint density at radius 1 is 1.00 bits per heavy atom. The smallest absolute Gasteiger partial charge is 0.336 e. The average molecular weight is 352 g/mol. The van der Waals surface area contributed by atoms with E-state index in [4.69, 9.17) is 9.15 Å². The monoisotopic (exact) mass is 352 g/mol. The van der Waals surface area contributed by atoms with Crippen LogP contribution in [0.4, 0.5) is 16.2 Å². The minimum Gasteiger partial charge on any atom is -0.494 e. The predicted molar refractivity (Wildman–Crippen MR) is 102 cm³/mol. The zero-order valence-corrected chi connectivity index (χ0v) is 14.5. The molecule has 2 amide bonds. The number of unbranched alkanes of at least 4 members (excludes halogenated alkanes) is 1. The molecule has 0 bridgehead atoms. The van der Waals surface area contributed by atoms with Gasteiger partial charge in [0, 0.05) is 22.8 Å². The number of carbonyl (C=O) groups is 1. The average Bonchev–Trinajstić information content (AvgIpc) is 2.63. The maximum atomic E-state index is 12.1. The van der Waals surface area contributed by atoms with Crippen molar-refractivity contribution in [3.8, 4) is 5.75 Å². The molecule has 2 aromatic carbocycles. The maximum Gasteiger partial charge on any atom is 0.336 e. The van der Waals surface area contributed by atoms with Crippen LogP contribution in [-0.4, -0.2) is 12.6 Å². The topological polar surface area (TPSA) is 80.6 Å². The molecule has 1 aromatic heterocycles. The van der Waals surface area contributed by atoms with Gasteiger partial charge < -0.3 is 19.8 Å². The van der Waals surface area contributed by atoms with Gasteiger partial charge in [-0.25, -0.2) is 9.59 Å². The Kier molecular flexibility index (Phi) is 5.53. The van der Waals surface area contributed by atoms with E-state index in [1.165, 1.54) is 6.07 Å². The van der Waals surface area contributed by atoms with Crippen molar-refractivity contribution in [3.05, 3.63) is 65.0 Å². The molecular formula is C20H20N2O4. The summed E-state index contributed by atoms with van der Waals surface area (Å²) >= 11 is 0. The molecular weight excluding hydrogens is 332 g/mol. The fourth-order valence-electron chi connectivity index (χ4n) is 2.41. The van der Waals surface area contributed by atoms with Crippen LogP contribution in [0.3, 0.4) is 0 Å². The minimum atomic E-state index is -0.405. The van der Waals surface area contributed by atoms with Gasteiger partial charge in [-0.2, -0.15) is 0 Å². The molecule has 0 saturated heterocycles. The van der Waals surface area contributed by atoms with Crippen LogP contribution in [-0.2, 0) is 0 Å². The summed E-state index contributed by atoms with van der Waals surface area (Å²) < 4.78 is 10.7. The van der Waals surface area contributed by atoms with Gasteiger partial charge in [0.25, 0.3) is 0 Å². The number of hydrogen-bond acceptors (Lipinski definition) is 4. The lowest BCUT2D eigenvalue weighted by Gasteiger charge is -2.09. The Bertz CT molecular complexity index is 948. The third-order valence-corrected chi connectivity index (χ3v) is 3.76. The lowest BCUT2D eigenvalue weighted by Crippen LogP contribution is -2.19. The second-order valence-corrected chi connectivity index (χ2v) is 5.81. The number of benzene rings is 2. The highest BCUT2D eigenvalue weighted by atomic mass is 16.5. The van der Waals surface area contributed by atoms with Crippen molar-refractivity contribution in [2.75, 3.05) is 17.2 Å². The summed E-state index contributed by atoms with van der Waals surface area (Å²) in [4.78, 5) is 23.3. The molecule has 0 atom stereocenters. The van der Waals surface area contributed by atoms with Crippen LogP contribution in [0.5, 0.6) is 5.75 Å². The first kappa shape index (κ1) is 17.5. The first-order valence-electron chi connectivity index (χ1n) is 8.49. The number of nitrogens with one attached hydrogen (secondary N) is 2. The Morgan fingerprint density at radius 3 is 2.50 bits per heavy atom. The zero-order valence-electron chi connectivity index (χ0n) is 14.5. The second kappa shape index (κ2) is 8.20. The van der Waals surface area contributed by atoms with E-state index in [0.29, 0.717) is 23.6 Å². The van der Waals surface area contributed by atoms with Gasteiger partial charge in [0.15, 0.2) is 0 Å². The predicted octanol–water partition coefficient (Wildman–Crippen LogP) is 4.62. The van der Waals surface area contributed by atoms with Gasteiger partial charge in [-0.05, 0) is 55.0 Å². The molecule has 6 nitrogen and oxygen atoms in total. The van der Waals surface area contributed by atoms with Crippen molar-refractivity contribution in [1.82, 2.24) is 0 Å². The highest BCUT2D eigenvalue weighted by Crippen LogP contribution is 2.19. The van der Waals surface area contributed by atoms with E-state index in [0.717, 1.165) is 24.0 Å². The van der Waals surface area contributed by atoms with Crippen molar-refractivity contribution in [2.24, 2.45) is 0 Å². The Labute approximate surface area is 150 Å². The van der Waals surface area contributed by atoms with Crippen molar-refractivity contribution in [1.29, 1.82) is 0 Å². The standard InChI is InChI=1S/C20H20N2O4/c1-2-3-12-25-17-8-5-15(6-9-17)21-20(24)22-16-7-10-18-14(13-16)4-11-19(23)26-18/h4-11,13H,2-3,12H2,1H3,(H2,21,22,24). The molecule has 134 valence electrons. The van der Waals surface area contributed by atoms with Gasteiger partial charge in [-0.1, -0.05) is 13.3 Å². The molecule has 0 aliphatic heterocycles. The van der Waals surface area contributed by atoms with Crippen LogP contribution >= 0.6 is 0 Å². The maximum absolute atomic E-state index is 12.1. The molecule has 0 aliphatic carbocycles. The molecule has 0 radical (unpaired) electrons. The van der Waals surface area contributed by atoms with Gasteiger partial charge in [-0.3, -0.25) is 0 Å². The van der Waals surface area contributed by atoms with E-state index in [-0.39, 0.29) is 6.03 Å². The van der Waals surface area contributed by atoms with E-state index in [9.17, 15) is 9.59 Å². The Balaban J connectivity index is 1.60. The van der Waals surface area contributed by atoms with Gasteiger partial charge in [0.2, 0.25) is 0 Å². The molecule has 0 unspecified atom stereocenters. The summed E-state index contributed by atoms with van der Waals surface area (Å²) in [6.45, 7) is 2.80. The van der Waals surface area contributed by atoms with E-state index in [2.05, 4.69) is 17.6 Å². The highest BCUT2D eigenvalue weighted by molar-refractivity contribution is 6.00. The van der Waals surface area contributed by atoms with Gasteiger partial charge in [-0.15, -0.1) is 0 Å². The van der Waals surface area contributed by atoms with E-state index in [1.807, 2.05) is 12.1 Å². The molecule has 3 rings (SSSR count). The normalized spacial score (nSPS) is 10.5. The number of anilines is 2. The molecule has 0 fully saturated rings. The molecule has 0 aliphatic rings. The molecule has 0 saturated carbocycles. The number of rotatable bonds is 6. The van der Waals surface area contributed by atoms with Crippen molar-refractivity contribution in [2.45, 2.75) is 19.8 Å². The van der Waals surface area contributed by atoms with Gasteiger partial charge in [0.05, 0.1) is 6.61 Å². The molecule has 1 heterocycles. The van der Waals surface area contributed by atoms with Crippen molar-refractivity contribution in [3.63, 3.8) is 0 Å². The van der Waals surface area contributed by atoms with Crippen LogP contribution in [0, 0.1) is 0 Å². The first-order valence-corrected chi connectivity index (χ1v) is 8.49. The fraction of sp³-hybridized carbons (Fsp3) is 0.200. The lowest BCUT2D eigenvalue weighted by atomic mass is 10.2. The van der Waals surface area contributed by atoms with E-state index in [1.54, 1.807) is 36.4 Å². The molecule has 26 heavy (non-hydrogen) atoms. The SMILES string of the molecule is CCCCOc1ccc(NC(=O)Nc2ccc3oc(=O)ccc3c2)cc1. The number of carbonyl (C=O) groups excluding carboxylic acids is 1. The first-order chi connectivity index (χ1) is 12.6.